The summed E-state index contributed by atoms with van der Waals surface area (Å²) >= 11 is 0. The minimum absolute atomic E-state index is 0.140. The van der Waals surface area contributed by atoms with Gasteiger partial charge in [0, 0.05) is 24.9 Å². The average molecular weight is 749 g/mol. The Kier molecular flexibility index (Phi) is 9.95. The van der Waals surface area contributed by atoms with Crippen LogP contribution >= 0.6 is 0 Å². The summed E-state index contributed by atoms with van der Waals surface area (Å²) in [4.78, 5) is 24.7. The van der Waals surface area contributed by atoms with Crippen LogP contribution in [-0.2, 0) is 23.3 Å². The number of rotatable bonds is 12. The zero-order chi connectivity index (χ0) is 38.6. The molecule has 0 N–H and O–H groups in total. The molecule has 1 aliphatic rings. The van der Waals surface area contributed by atoms with Crippen molar-refractivity contribution in [2.24, 2.45) is 0 Å². The summed E-state index contributed by atoms with van der Waals surface area (Å²) in [6, 6.07) is 52.5. The SMILES string of the molecule is CCCCc1nc2ccc(N3CCCCC3=O)nc2n1Cc1ccc(-c2ccccc2-c2nnnn2C(c2ccccc2)(c2ccccc2)c2ccccc2)cc1. The maximum atomic E-state index is 12.8. The molecule has 0 spiro atoms. The number of nitrogens with zero attached hydrogens (tertiary/aromatic N) is 8. The molecule has 9 rings (SSSR count). The van der Waals surface area contributed by atoms with Gasteiger partial charge >= 0.3 is 0 Å². The fourth-order valence-electron chi connectivity index (χ4n) is 8.32. The third-order valence-electron chi connectivity index (χ3n) is 11.1. The molecule has 8 aromatic rings. The van der Waals surface area contributed by atoms with E-state index in [1.54, 1.807) is 0 Å². The maximum absolute atomic E-state index is 12.8. The number of tetrazole rings is 1. The van der Waals surface area contributed by atoms with Crippen molar-refractivity contribution in [1.82, 2.24) is 34.7 Å². The Bertz CT molecular complexity index is 2520. The number of pyridine rings is 1. The molecule has 9 heteroatoms. The van der Waals surface area contributed by atoms with E-state index in [1.165, 1.54) is 0 Å². The van der Waals surface area contributed by atoms with E-state index in [2.05, 4.69) is 132 Å². The number of fused-ring (bicyclic) bond motifs is 1. The number of anilines is 1. The van der Waals surface area contributed by atoms with Crippen molar-refractivity contribution < 1.29 is 4.79 Å². The van der Waals surface area contributed by atoms with Crippen molar-refractivity contribution in [3.8, 4) is 22.5 Å². The number of amides is 1. The zero-order valence-corrected chi connectivity index (χ0v) is 32.1. The number of imidazole rings is 1. The van der Waals surface area contributed by atoms with Crippen molar-refractivity contribution in [2.75, 3.05) is 11.4 Å². The Morgan fingerprint density at radius 1 is 0.667 bits per heavy atom. The minimum atomic E-state index is -0.863. The second kappa shape index (κ2) is 15.8. The van der Waals surface area contributed by atoms with Gasteiger partial charge in [-0.2, -0.15) is 0 Å². The number of hydrogen-bond acceptors (Lipinski definition) is 6. The van der Waals surface area contributed by atoms with Crippen LogP contribution in [0.15, 0.2) is 152 Å². The van der Waals surface area contributed by atoms with E-state index in [4.69, 9.17) is 20.3 Å². The lowest BCUT2D eigenvalue weighted by Crippen LogP contribution is -2.39. The Labute approximate surface area is 332 Å². The molecule has 0 saturated carbocycles. The summed E-state index contributed by atoms with van der Waals surface area (Å²) < 4.78 is 4.22. The van der Waals surface area contributed by atoms with Crippen LogP contribution in [0.4, 0.5) is 5.82 Å². The highest BCUT2D eigenvalue weighted by atomic mass is 16.2. The summed E-state index contributed by atoms with van der Waals surface area (Å²) in [5, 5.41) is 13.9. The number of carbonyl (C=O) groups is 1. The van der Waals surface area contributed by atoms with E-state index in [1.807, 2.05) is 46.0 Å². The van der Waals surface area contributed by atoms with Gasteiger partial charge in [-0.25, -0.2) is 14.6 Å². The largest absolute Gasteiger partial charge is 0.308 e. The fourth-order valence-corrected chi connectivity index (χ4v) is 8.32. The summed E-state index contributed by atoms with van der Waals surface area (Å²) in [5.74, 6) is 2.52. The summed E-state index contributed by atoms with van der Waals surface area (Å²) in [5.41, 5.74) is 8.10. The van der Waals surface area contributed by atoms with Gasteiger partial charge in [-0.05, 0) is 75.2 Å². The molecule has 282 valence electrons. The predicted octanol–water partition coefficient (Wildman–Crippen LogP) is 9.50. The Hall–Kier alpha value is -6.74. The molecule has 4 heterocycles. The van der Waals surface area contributed by atoms with Gasteiger partial charge in [-0.3, -0.25) is 9.69 Å². The first-order valence-corrected chi connectivity index (χ1v) is 20.0. The van der Waals surface area contributed by atoms with Gasteiger partial charge in [0.05, 0.1) is 6.54 Å². The number of carbonyl (C=O) groups excluding carboxylic acids is 1. The Morgan fingerprint density at radius 3 is 1.93 bits per heavy atom. The van der Waals surface area contributed by atoms with Crippen LogP contribution in [0.2, 0.25) is 0 Å². The molecule has 0 radical (unpaired) electrons. The highest BCUT2D eigenvalue weighted by Crippen LogP contribution is 2.43. The maximum Gasteiger partial charge on any atom is 0.228 e. The van der Waals surface area contributed by atoms with Crippen molar-refractivity contribution in [3.63, 3.8) is 0 Å². The molecule has 1 aliphatic heterocycles. The third-order valence-corrected chi connectivity index (χ3v) is 11.1. The molecule has 9 nitrogen and oxygen atoms in total. The zero-order valence-electron chi connectivity index (χ0n) is 32.1. The lowest BCUT2D eigenvalue weighted by atomic mass is 9.77. The van der Waals surface area contributed by atoms with Gasteiger partial charge in [0.1, 0.15) is 22.7 Å². The average Bonchev–Trinajstić information content (AvgIpc) is 3.90. The standard InChI is InChI=1S/C48H44N8O/c1-2-3-25-43-49-42-31-32-44(54-33-16-15-26-45(54)57)50-47(42)55(43)34-35-27-29-36(30-28-35)40-23-13-14-24-41(40)46-51-52-53-56(46)48(37-17-7-4-8-18-37,38-19-9-5-10-20-38)39-21-11-6-12-22-39/h4-14,17-24,27-32H,2-3,15-16,25-26,33-34H2,1H3. The smallest absolute Gasteiger partial charge is 0.228 e. The monoisotopic (exact) mass is 748 g/mol. The minimum Gasteiger partial charge on any atom is -0.308 e. The highest BCUT2D eigenvalue weighted by molar-refractivity contribution is 5.94. The van der Waals surface area contributed by atoms with Crippen LogP contribution in [0.3, 0.4) is 0 Å². The summed E-state index contributed by atoms with van der Waals surface area (Å²) in [6.07, 6.45) is 5.47. The van der Waals surface area contributed by atoms with E-state index < -0.39 is 5.54 Å². The molecular weight excluding hydrogens is 705 g/mol. The molecule has 5 aromatic carbocycles. The molecule has 0 atom stereocenters. The number of unbranched alkanes of at least 4 members (excludes halogenated alkanes) is 1. The van der Waals surface area contributed by atoms with E-state index in [0.717, 1.165) is 88.0 Å². The molecule has 1 amide bonds. The molecule has 0 aliphatic carbocycles. The van der Waals surface area contributed by atoms with Crippen LogP contribution in [0, 0.1) is 0 Å². The van der Waals surface area contributed by atoms with Gasteiger partial charge in [0.2, 0.25) is 5.91 Å². The molecule has 1 fully saturated rings. The molecular formula is C48H44N8O. The number of benzene rings is 5. The first-order valence-electron chi connectivity index (χ1n) is 20.0. The van der Waals surface area contributed by atoms with Crippen LogP contribution < -0.4 is 4.90 Å². The normalized spacial score (nSPS) is 13.4. The van der Waals surface area contributed by atoms with Gasteiger partial charge in [-0.1, -0.05) is 153 Å². The number of aryl methyl sites for hydroxylation is 1. The lowest BCUT2D eigenvalue weighted by Gasteiger charge is -2.36. The van der Waals surface area contributed by atoms with Gasteiger partial charge < -0.3 is 4.57 Å². The number of hydrogen-bond donors (Lipinski definition) is 0. The topological polar surface area (TPSA) is 94.6 Å². The molecule has 1 saturated heterocycles. The van der Waals surface area contributed by atoms with Crippen LogP contribution in [0.25, 0.3) is 33.7 Å². The van der Waals surface area contributed by atoms with Crippen molar-refractivity contribution in [1.29, 1.82) is 0 Å². The van der Waals surface area contributed by atoms with Crippen molar-refractivity contribution >= 4 is 22.9 Å². The number of piperidine rings is 1. The molecule has 57 heavy (non-hydrogen) atoms. The first kappa shape index (κ1) is 35.9. The van der Waals surface area contributed by atoms with Crippen LogP contribution in [0.1, 0.15) is 67.1 Å². The Balaban J connectivity index is 1.11. The van der Waals surface area contributed by atoms with E-state index >= 15 is 0 Å². The van der Waals surface area contributed by atoms with Crippen molar-refractivity contribution in [3.05, 3.63) is 180 Å². The Morgan fingerprint density at radius 2 is 1.30 bits per heavy atom. The summed E-state index contributed by atoms with van der Waals surface area (Å²) in [6.45, 7) is 3.52. The highest BCUT2D eigenvalue weighted by Gasteiger charge is 2.42. The van der Waals surface area contributed by atoms with Crippen LogP contribution in [0.5, 0.6) is 0 Å². The van der Waals surface area contributed by atoms with Gasteiger partial charge in [0.25, 0.3) is 0 Å². The van der Waals surface area contributed by atoms with E-state index in [9.17, 15) is 4.79 Å². The summed E-state index contributed by atoms with van der Waals surface area (Å²) in [7, 11) is 0. The van der Waals surface area contributed by atoms with Gasteiger partial charge in [0.15, 0.2) is 11.5 Å². The second-order valence-electron chi connectivity index (χ2n) is 14.7. The van der Waals surface area contributed by atoms with Gasteiger partial charge in [-0.15, -0.1) is 5.10 Å². The first-order chi connectivity index (χ1) is 28.1. The number of aromatic nitrogens is 7. The molecule has 3 aromatic heterocycles. The fraction of sp³-hybridized carbons (Fsp3) is 0.208. The van der Waals surface area contributed by atoms with E-state index in [-0.39, 0.29) is 5.91 Å². The predicted molar refractivity (Wildman–Crippen MR) is 225 cm³/mol. The van der Waals surface area contributed by atoms with E-state index in [0.29, 0.717) is 31.2 Å². The van der Waals surface area contributed by atoms with Crippen LogP contribution in [-0.4, -0.2) is 47.2 Å². The lowest BCUT2D eigenvalue weighted by molar-refractivity contribution is -0.119. The van der Waals surface area contributed by atoms with Crippen molar-refractivity contribution in [2.45, 2.75) is 57.5 Å². The quantitative estimate of drug-likeness (QED) is 0.116. The third kappa shape index (κ3) is 6.69. The second-order valence-corrected chi connectivity index (χ2v) is 14.7. The molecule has 0 bridgehead atoms. The molecule has 0 unspecified atom stereocenters.